The van der Waals surface area contributed by atoms with E-state index in [1.807, 2.05) is 0 Å². The Morgan fingerprint density at radius 3 is 2.38 bits per heavy atom. The van der Waals surface area contributed by atoms with Gasteiger partial charge in [-0.05, 0) is 6.07 Å². The first-order valence-corrected chi connectivity index (χ1v) is 10.4. The van der Waals surface area contributed by atoms with Gasteiger partial charge in [-0.15, -0.1) is 0 Å². The summed E-state index contributed by atoms with van der Waals surface area (Å²) in [5.41, 5.74) is -0.146. The van der Waals surface area contributed by atoms with Crippen molar-refractivity contribution in [2.24, 2.45) is 23.5 Å². The predicted octanol–water partition coefficient (Wildman–Crippen LogP) is 0.242. The lowest BCUT2D eigenvalue weighted by atomic mass is 9.57. The van der Waals surface area contributed by atoms with Crippen LogP contribution < -0.4 is 5.73 Å². The molecule has 0 aliphatic heterocycles. The lowest BCUT2D eigenvalue weighted by molar-refractivity contribution is -0.177. The number of nitrogens with two attached hydrogens (primary N) is 1. The zero-order valence-corrected chi connectivity index (χ0v) is 18.1. The number of aliphatic hydroxyl groups excluding tert-OH is 2. The van der Waals surface area contributed by atoms with Gasteiger partial charge >= 0.3 is 5.97 Å². The highest BCUT2D eigenvalue weighted by molar-refractivity contribution is 6.25. The van der Waals surface area contributed by atoms with E-state index < -0.39 is 93.5 Å². The van der Waals surface area contributed by atoms with E-state index in [0.717, 1.165) is 6.07 Å². The maximum Gasteiger partial charge on any atom is 0.308 e. The Balaban J connectivity index is 2.05. The van der Waals surface area contributed by atoms with E-state index in [2.05, 4.69) is 0 Å². The molecule has 0 saturated heterocycles. The summed E-state index contributed by atoms with van der Waals surface area (Å²) in [5.74, 6) is -12.3. The number of carbonyl (C=O) groups is 5. The number of aromatic hydroxyl groups is 1. The number of fused-ring (bicyclic) bond motifs is 3. The van der Waals surface area contributed by atoms with Gasteiger partial charge in [0.1, 0.15) is 28.9 Å². The fraction of sp³-hybridized carbons (Fsp3) is 0.348. The van der Waals surface area contributed by atoms with Crippen LogP contribution in [0.2, 0.25) is 0 Å². The van der Waals surface area contributed by atoms with E-state index >= 15 is 0 Å². The molecule has 3 aliphatic carbocycles. The number of amides is 1. The number of benzene rings is 1. The number of primary amides is 1. The van der Waals surface area contributed by atoms with Crippen molar-refractivity contribution in [3.8, 4) is 5.75 Å². The second-order valence-electron chi connectivity index (χ2n) is 8.78. The first-order valence-electron chi connectivity index (χ1n) is 10.4. The highest BCUT2D eigenvalue weighted by atomic mass is 16.5. The molecule has 0 spiro atoms. The number of ketones is 3. The van der Waals surface area contributed by atoms with E-state index in [-0.39, 0.29) is 11.1 Å². The third-order valence-electron chi connectivity index (χ3n) is 6.50. The summed E-state index contributed by atoms with van der Waals surface area (Å²) in [6, 6.07) is 3.77. The molecule has 1 aromatic carbocycles. The van der Waals surface area contributed by atoms with Gasteiger partial charge in [0.15, 0.2) is 17.2 Å². The molecule has 0 unspecified atom stereocenters. The van der Waals surface area contributed by atoms with Gasteiger partial charge in [0.25, 0.3) is 5.91 Å². The normalized spacial score (nSPS) is 28.5. The Kier molecular flexibility index (Phi) is 5.13. The van der Waals surface area contributed by atoms with Crippen LogP contribution in [-0.2, 0) is 23.9 Å². The Hall–Kier alpha value is -3.99. The van der Waals surface area contributed by atoms with Gasteiger partial charge in [-0.1, -0.05) is 26.0 Å². The molecule has 6 N–H and O–H groups in total. The second-order valence-corrected chi connectivity index (χ2v) is 8.78. The molecular weight excluding hydrogens is 450 g/mol. The summed E-state index contributed by atoms with van der Waals surface area (Å²) < 4.78 is 5.48. The van der Waals surface area contributed by atoms with Crippen LogP contribution in [0.15, 0.2) is 35.1 Å². The first-order chi connectivity index (χ1) is 15.8. The molecule has 0 aromatic heterocycles. The molecule has 4 atom stereocenters. The molecule has 1 saturated carbocycles. The zero-order chi connectivity index (χ0) is 25.3. The number of phenolic OH excluding ortho intramolecular Hbond substituents is 1. The van der Waals surface area contributed by atoms with Crippen LogP contribution >= 0.6 is 0 Å². The Morgan fingerprint density at radius 1 is 1.15 bits per heavy atom. The third kappa shape index (κ3) is 2.90. The second kappa shape index (κ2) is 7.52. The number of phenols is 1. The standard InChI is InChI=1S/C23H21NO10/c1-7(2)22(32)34-18-9-6-11(26)13(21(24)31)19(29)23(9,33)20(30)15-14(18)16(27)8-4-3-5-10(25)12(8)17(15)28/h3-5,7,9,14,18,25,28-29,33H,6H2,1-2H3,(H2,24,31)/t9-,14+,18-,23-/m1/s1. The molecule has 4 rings (SSSR count). The summed E-state index contributed by atoms with van der Waals surface area (Å²) in [7, 11) is 0. The van der Waals surface area contributed by atoms with Gasteiger partial charge in [0, 0.05) is 17.9 Å². The average Bonchev–Trinajstić information content (AvgIpc) is 2.75. The number of rotatable bonds is 3. The quantitative estimate of drug-likeness (QED) is 0.300. The minimum absolute atomic E-state index is 0.171. The minimum Gasteiger partial charge on any atom is -0.508 e. The van der Waals surface area contributed by atoms with Crippen LogP contribution in [0.3, 0.4) is 0 Å². The van der Waals surface area contributed by atoms with Crippen LogP contribution in [-0.4, -0.2) is 61.4 Å². The van der Waals surface area contributed by atoms with Crippen molar-refractivity contribution in [1.82, 2.24) is 0 Å². The molecule has 11 nitrogen and oxygen atoms in total. The highest BCUT2D eigenvalue weighted by Crippen LogP contribution is 2.52. The van der Waals surface area contributed by atoms with Crippen molar-refractivity contribution in [3.63, 3.8) is 0 Å². The molecular formula is C23H21NO10. The minimum atomic E-state index is -3.01. The largest absolute Gasteiger partial charge is 0.508 e. The van der Waals surface area contributed by atoms with Crippen LogP contribution in [0.25, 0.3) is 5.76 Å². The number of esters is 1. The average molecular weight is 471 g/mol. The van der Waals surface area contributed by atoms with Gasteiger partial charge in [-0.2, -0.15) is 0 Å². The highest BCUT2D eigenvalue weighted by Gasteiger charge is 2.66. The summed E-state index contributed by atoms with van der Waals surface area (Å²) in [6.07, 6.45) is -2.44. The Morgan fingerprint density at radius 2 is 1.79 bits per heavy atom. The van der Waals surface area contributed by atoms with Gasteiger partial charge in [0.05, 0.1) is 23.0 Å². The number of hydrogen-bond donors (Lipinski definition) is 5. The molecule has 0 bridgehead atoms. The number of carbonyl (C=O) groups excluding carboxylic acids is 5. The predicted molar refractivity (Wildman–Crippen MR) is 112 cm³/mol. The number of aliphatic hydroxyl groups is 3. The Labute approximate surface area is 192 Å². The fourth-order valence-electron chi connectivity index (χ4n) is 4.83. The molecule has 3 aliphatic rings. The molecule has 34 heavy (non-hydrogen) atoms. The molecule has 1 amide bonds. The summed E-state index contributed by atoms with van der Waals surface area (Å²) in [4.78, 5) is 63.9. The fourth-order valence-corrected chi connectivity index (χ4v) is 4.83. The van der Waals surface area contributed by atoms with Gasteiger partial charge < -0.3 is 30.9 Å². The topological polar surface area (TPSA) is 202 Å². The molecule has 1 fully saturated rings. The van der Waals surface area contributed by atoms with Crippen molar-refractivity contribution in [1.29, 1.82) is 0 Å². The Bertz CT molecular complexity index is 1260. The lowest BCUT2D eigenvalue weighted by Crippen LogP contribution is -2.65. The molecule has 0 heterocycles. The van der Waals surface area contributed by atoms with Crippen LogP contribution in [0, 0.1) is 17.8 Å². The van der Waals surface area contributed by atoms with Crippen LogP contribution in [0.4, 0.5) is 0 Å². The summed E-state index contributed by atoms with van der Waals surface area (Å²) in [6.45, 7) is 2.97. The number of hydrogen-bond acceptors (Lipinski definition) is 10. The molecule has 0 radical (unpaired) electrons. The van der Waals surface area contributed by atoms with E-state index in [4.69, 9.17) is 10.5 Å². The van der Waals surface area contributed by atoms with E-state index in [0.29, 0.717) is 0 Å². The van der Waals surface area contributed by atoms with E-state index in [9.17, 15) is 44.4 Å². The molecule has 178 valence electrons. The SMILES string of the molecule is CC(C)C(=O)O[C@H]1[C@@H]2C(=O)c3cccc(O)c3C(O)=C2C(=O)[C@]2(O)C(O)=C(C(N)=O)C(=O)C[C@H]12. The van der Waals surface area contributed by atoms with Crippen molar-refractivity contribution in [2.75, 3.05) is 0 Å². The van der Waals surface area contributed by atoms with Gasteiger partial charge in [-0.25, -0.2) is 0 Å². The maximum absolute atomic E-state index is 13.5. The smallest absolute Gasteiger partial charge is 0.308 e. The monoisotopic (exact) mass is 471 g/mol. The third-order valence-corrected chi connectivity index (χ3v) is 6.50. The van der Waals surface area contributed by atoms with Crippen molar-refractivity contribution >= 4 is 35.0 Å². The van der Waals surface area contributed by atoms with E-state index in [1.54, 1.807) is 0 Å². The van der Waals surface area contributed by atoms with Crippen LogP contribution in [0.5, 0.6) is 5.75 Å². The van der Waals surface area contributed by atoms with Crippen molar-refractivity contribution < 1.29 is 49.1 Å². The zero-order valence-electron chi connectivity index (χ0n) is 18.1. The van der Waals surface area contributed by atoms with Gasteiger partial charge in [-0.3, -0.25) is 24.0 Å². The number of Topliss-reactive ketones (excluding diaryl/α,β-unsaturated/α-hetero) is 3. The first kappa shape index (κ1) is 23.2. The lowest BCUT2D eigenvalue weighted by Gasteiger charge is -2.49. The molecule has 1 aromatic rings. The van der Waals surface area contributed by atoms with E-state index in [1.165, 1.54) is 26.0 Å². The summed E-state index contributed by atoms with van der Waals surface area (Å²) in [5, 5.41) is 43.3. The number of ether oxygens (including phenoxy) is 1. The van der Waals surface area contributed by atoms with Crippen molar-refractivity contribution in [2.45, 2.75) is 32.0 Å². The van der Waals surface area contributed by atoms with Gasteiger partial charge in [0.2, 0.25) is 5.78 Å². The maximum atomic E-state index is 13.5. The van der Waals surface area contributed by atoms with Crippen LogP contribution in [0.1, 0.15) is 36.2 Å². The van der Waals surface area contributed by atoms with Crippen molar-refractivity contribution in [3.05, 3.63) is 46.2 Å². The summed E-state index contributed by atoms with van der Waals surface area (Å²) >= 11 is 0. The molecule has 11 heteroatoms.